The zero-order valence-electron chi connectivity index (χ0n) is 7.36. The Hall–Kier alpha value is 0.973. The van der Waals surface area contributed by atoms with Crippen LogP contribution < -0.4 is 0 Å². The van der Waals surface area contributed by atoms with Crippen molar-refractivity contribution in [1.82, 2.24) is 0 Å². The predicted molar refractivity (Wildman–Crippen MR) is 63.5 cm³/mol. The van der Waals surface area contributed by atoms with Crippen LogP contribution in [0.15, 0.2) is 30.9 Å². The summed E-state index contributed by atoms with van der Waals surface area (Å²) in [5.41, 5.74) is 0. The van der Waals surface area contributed by atoms with Gasteiger partial charge in [0.25, 0.3) is 0 Å². The summed E-state index contributed by atoms with van der Waals surface area (Å²) in [4.78, 5) is 0. The Kier molecular flexibility index (Phi) is 65.7. The zero-order chi connectivity index (χ0) is 6.95. The maximum absolute atomic E-state index is 3.49. The average Bonchev–Trinajstić information content (AvgIpc) is 2.43. The molecule has 1 aliphatic rings. The van der Waals surface area contributed by atoms with Crippen LogP contribution in [0.3, 0.4) is 0 Å². The first-order valence-corrected chi connectivity index (χ1v) is 3.03. The van der Waals surface area contributed by atoms with Gasteiger partial charge in [0.15, 0.2) is 0 Å². The van der Waals surface area contributed by atoms with Gasteiger partial charge in [-0.1, -0.05) is 0 Å². The molecule has 1 rings (SSSR count). The van der Waals surface area contributed by atoms with E-state index in [4.69, 9.17) is 0 Å². The van der Waals surface area contributed by atoms with Gasteiger partial charge in [0.2, 0.25) is 0 Å². The third kappa shape index (κ3) is 32.1. The molecule has 0 aromatic carbocycles. The van der Waals surface area contributed by atoms with E-state index in [1.807, 2.05) is 12.2 Å². The van der Waals surface area contributed by atoms with Gasteiger partial charge >= 0.3 is 26.2 Å². The molecule has 0 fully saturated rings. The Labute approximate surface area is 119 Å². The minimum atomic E-state index is 0. The van der Waals surface area contributed by atoms with Crippen molar-refractivity contribution in [2.24, 2.45) is 0 Å². The molecule has 0 spiro atoms. The molecule has 0 amide bonds. The first kappa shape index (κ1) is 29.2. The Morgan fingerprint density at radius 3 is 1.92 bits per heavy atom. The van der Waals surface area contributed by atoms with E-state index in [2.05, 4.69) is 25.7 Å². The summed E-state index contributed by atoms with van der Waals surface area (Å²) in [6, 6.07) is 0. The molecular weight excluding hydrogens is 306 g/mol. The van der Waals surface area contributed by atoms with Crippen molar-refractivity contribution in [1.29, 1.82) is 0 Å². The summed E-state index contributed by atoms with van der Waals surface area (Å²) >= 11 is 0. The van der Waals surface area contributed by atoms with Crippen LogP contribution in [0.1, 0.15) is 12.8 Å². The summed E-state index contributed by atoms with van der Waals surface area (Å²) < 4.78 is 0. The maximum atomic E-state index is 3.49. The number of rotatable bonds is 1. The molecule has 0 bridgehead atoms. The third-order valence-electron chi connectivity index (χ3n) is 0.790. The second-order valence-corrected chi connectivity index (χ2v) is 1.58. The molecule has 0 radical (unpaired) electrons. The van der Waals surface area contributed by atoms with Crippen molar-refractivity contribution in [3.8, 4) is 0 Å². The van der Waals surface area contributed by atoms with Crippen LogP contribution in [0.4, 0.5) is 0 Å². The molecule has 0 unspecified atom stereocenters. The van der Waals surface area contributed by atoms with Crippen molar-refractivity contribution in [2.45, 2.75) is 12.8 Å². The topological polar surface area (TPSA) is 0 Å². The second kappa shape index (κ2) is 29.3. The van der Waals surface area contributed by atoms with Crippen LogP contribution in [-0.2, 0) is 26.2 Å². The number of allylic oxidation sites excluding steroid dienone is 5. The standard InChI is InChI=1S/C5H5.C4H7.3ClH.Zr/c1-2-4-5-3-1;1-3-4-2;;;;/h1-3H,4H2;3H,1-2,4H2;3*1H;/q2*-1;;;;+2. The smallest absolute Gasteiger partial charge is 0.340 e. The number of hydrogen-bond acceptors (Lipinski definition) is 0. The van der Waals surface area contributed by atoms with E-state index in [1.54, 1.807) is 6.08 Å². The molecule has 0 N–H and O–H groups in total. The van der Waals surface area contributed by atoms with Gasteiger partial charge < -0.3 is 6.92 Å². The molecule has 0 aliphatic heterocycles. The monoisotopic (exact) mass is 318 g/mol. The molecule has 0 saturated heterocycles. The molecule has 4 heteroatoms. The fourth-order valence-corrected chi connectivity index (χ4v) is 0.340. The van der Waals surface area contributed by atoms with Crippen LogP contribution in [0.5, 0.6) is 0 Å². The van der Waals surface area contributed by atoms with E-state index in [-0.39, 0.29) is 63.4 Å². The van der Waals surface area contributed by atoms with Gasteiger partial charge in [-0.2, -0.15) is 12.5 Å². The molecule has 0 nitrogen and oxygen atoms in total. The molecule has 0 aromatic rings. The van der Waals surface area contributed by atoms with Crippen molar-refractivity contribution in [3.05, 3.63) is 43.9 Å². The van der Waals surface area contributed by atoms with Crippen LogP contribution >= 0.6 is 37.2 Å². The van der Waals surface area contributed by atoms with Gasteiger partial charge in [-0.05, 0) is 0 Å². The quantitative estimate of drug-likeness (QED) is 0.506. The molecule has 0 saturated carbocycles. The first-order valence-electron chi connectivity index (χ1n) is 3.03. The maximum Gasteiger partial charge on any atom is 2.00 e. The van der Waals surface area contributed by atoms with Gasteiger partial charge in [-0.15, -0.1) is 56.3 Å². The van der Waals surface area contributed by atoms with E-state index in [0.717, 1.165) is 12.8 Å². The molecular formula is C9H15Cl3Zr. The summed E-state index contributed by atoms with van der Waals surface area (Å²) in [7, 11) is 0. The second-order valence-electron chi connectivity index (χ2n) is 1.58. The number of hydrogen-bond donors (Lipinski definition) is 0. The average molecular weight is 321 g/mol. The minimum Gasteiger partial charge on any atom is -0.340 e. The first-order chi connectivity index (χ1) is 4.41. The molecule has 13 heavy (non-hydrogen) atoms. The molecule has 76 valence electrons. The van der Waals surface area contributed by atoms with Crippen molar-refractivity contribution >= 4 is 37.2 Å². The van der Waals surface area contributed by atoms with Crippen LogP contribution in [0.2, 0.25) is 0 Å². The van der Waals surface area contributed by atoms with Gasteiger partial charge in [0.1, 0.15) is 0 Å². The normalized spacial score (nSPS) is 8.69. The number of halogens is 3. The molecule has 0 heterocycles. The molecule has 0 aromatic heterocycles. The van der Waals surface area contributed by atoms with Gasteiger partial charge in [-0.3, -0.25) is 6.08 Å². The van der Waals surface area contributed by atoms with Crippen LogP contribution in [0, 0.1) is 13.0 Å². The summed E-state index contributed by atoms with van der Waals surface area (Å²) in [6.45, 7) is 6.90. The summed E-state index contributed by atoms with van der Waals surface area (Å²) in [5, 5.41) is 0. The van der Waals surface area contributed by atoms with Gasteiger partial charge in [0, 0.05) is 0 Å². The van der Waals surface area contributed by atoms with Gasteiger partial charge in [-0.25, -0.2) is 12.2 Å². The SMILES string of the molecule is C=CC[CH2-].Cl.Cl.Cl.[C-]1=CC=CC1.[Zr+2]. The fourth-order valence-electron chi connectivity index (χ4n) is 0.340. The van der Waals surface area contributed by atoms with Gasteiger partial charge in [0.05, 0.1) is 0 Å². The van der Waals surface area contributed by atoms with Crippen molar-refractivity contribution in [3.63, 3.8) is 0 Å². The minimum absolute atomic E-state index is 0. The summed E-state index contributed by atoms with van der Waals surface area (Å²) in [6.07, 6.45) is 12.6. The van der Waals surface area contributed by atoms with Crippen molar-refractivity contribution < 1.29 is 26.2 Å². The van der Waals surface area contributed by atoms with Crippen molar-refractivity contribution in [2.75, 3.05) is 0 Å². The van der Waals surface area contributed by atoms with E-state index >= 15 is 0 Å². The van der Waals surface area contributed by atoms with Crippen LogP contribution in [0.25, 0.3) is 0 Å². The third-order valence-corrected chi connectivity index (χ3v) is 0.790. The van der Waals surface area contributed by atoms with E-state index in [1.165, 1.54) is 0 Å². The van der Waals surface area contributed by atoms with E-state index in [0.29, 0.717) is 0 Å². The Bertz CT molecular complexity index is 112. The fraction of sp³-hybridized carbons (Fsp3) is 0.222. The Morgan fingerprint density at radius 2 is 1.85 bits per heavy atom. The Balaban J connectivity index is -0.0000000256. The molecule has 1 aliphatic carbocycles. The largest absolute Gasteiger partial charge is 2.00 e. The van der Waals surface area contributed by atoms with Crippen LogP contribution in [-0.4, -0.2) is 0 Å². The van der Waals surface area contributed by atoms with E-state index in [9.17, 15) is 0 Å². The predicted octanol–water partition coefficient (Wildman–Crippen LogP) is 3.97. The summed E-state index contributed by atoms with van der Waals surface area (Å²) in [5.74, 6) is 0. The Morgan fingerprint density at radius 1 is 1.38 bits per heavy atom. The molecule has 0 atom stereocenters. The zero-order valence-corrected chi connectivity index (χ0v) is 12.3. The van der Waals surface area contributed by atoms with E-state index < -0.39 is 0 Å².